The lowest BCUT2D eigenvalue weighted by atomic mass is 10.1. The molecule has 2 aromatic heterocycles. The number of fused-ring (bicyclic) bond motifs is 1. The van der Waals surface area contributed by atoms with Crippen LogP contribution in [0.25, 0.3) is 5.65 Å². The van der Waals surface area contributed by atoms with Crippen LogP contribution >= 0.6 is 0 Å². The van der Waals surface area contributed by atoms with Crippen LogP contribution in [-0.4, -0.2) is 25.7 Å². The number of nitrogens with zero attached hydrogens (tertiary/aromatic N) is 4. The van der Waals surface area contributed by atoms with Crippen molar-refractivity contribution < 1.29 is 0 Å². The molecule has 0 aliphatic heterocycles. The van der Waals surface area contributed by atoms with Crippen LogP contribution < -0.4 is 11.4 Å². The van der Waals surface area contributed by atoms with E-state index in [1.165, 1.54) is 9.08 Å². The van der Waals surface area contributed by atoms with E-state index < -0.39 is 5.54 Å². The Morgan fingerprint density at radius 3 is 2.87 bits per heavy atom. The minimum atomic E-state index is -0.483. The number of rotatable bonds is 2. The average Bonchev–Trinajstić information content (AvgIpc) is 2.58. The highest BCUT2D eigenvalue weighted by Crippen LogP contribution is 2.09. The van der Waals surface area contributed by atoms with Gasteiger partial charge in [0.05, 0.1) is 11.7 Å². The molecule has 0 aromatic carbocycles. The number of aromatic nitrogens is 4. The Kier molecular flexibility index (Phi) is 2.08. The van der Waals surface area contributed by atoms with Crippen LogP contribution in [0.1, 0.15) is 13.8 Å². The summed E-state index contributed by atoms with van der Waals surface area (Å²) in [4.78, 5) is 15.8. The van der Waals surface area contributed by atoms with Crippen LogP contribution in [0.3, 0.4) is 0 Å². The van der Waals surface area contributed by atoms with Crippen molar-refractivity contribution in [1.82, 2.24) is 19.2 Å². The first-order valence-electron chi connectivity index (χ1n) is 4.68. The SMILES string of the molecule is CC(C)(CN)n1nc2cnccn2c1=O. The molecule has 0 aliphatic rings. The van der Waals surface area contributed by atoms with Crippen molar-refractivity contribution in [1.29, 1.82) is 0 Å². The van der Waals surface area contributed by atoms with Gasteiger partial charge >= 0.3 is 5.69 Å². The Morgan fingerprint density at radius 1 is 1.53 bits per heavy atom. The number of hydrogen-bond donors (Lipinski definition) is 1. The first kappa shape index (κ1) is 9.85. The summed E-state index contributed by atoms with van der Waals surface area (Å²) >= 11 is 0. The summed E-state index contributed by atoms with van der Waals surface area (Å²) in [7, 11) is 0. The van der Waals surface area contributed by atoms with E-state index in [0.29, 0.717) is 12.2 Å². The standard InChI is InChI=1S/C9H13N5O/c1-9(2,6-10)14-8(15)13-4-3-11-5-7(13)12-14/h3-5H,6,10H2,1-2H3. The zero-order chi connectivity index (χ0) is 11.1. The Balaban J connectivity index is 2.74. The van der Waals surface area contributed by atoms with Crippen molar-refractivity contribution in [3.8, 4) is 0 Å². The van der Waals surface area contributed by atoms with E-state index in [4.69, 9.17) is 5.73 Å². The Bertz CT molecular complexity index is 539. The van der Waals surface area contributed by atoms with E-state index in [-0.39, 0.29) is 5.69 Å². The van der Waals surface area contributed by atoms with E-state index in [2.05, 4.69) is 10.1 Å². The summed E-state index contributed by atoms with van der Waals surface area (Å²) < 4.78 is 2.84. The van der Waals surface area contributed by atoms with Gasteiger partial charge in [0.15, 0.2) is 5.65 Å². The monoisotopic (exact) mass is 207 g/mol. The zero-order valence-electron chi connectivity index (χ0n) is 8.71. The molecule has 0 radical (unpaired) electrons. The summed E-state index contributed by atoms with van der Waals surface area (Å²) in [6, 6.07) is 0. The first-order valence-corrected chi connectivity index (χ1v) is 4.68. The predicted molar refractivity (Wildman–Crippen MR) is 55.6 cm³/mol. The molecule has 0 bridgehead atoms. The van der Waals surface area contributed by atoms with Gasteiger partial charge in [0.25, 0.3) is 0 Å². The summed E-state index contributed by atoms with van der Waals surface area (Å²) in [6.45, 7) is 4.09. The minimum absolute atomic E-state index is 0.192. The third-order valence-corrected chi connectivity index (χ3v) is 2.40. The van der Waals surface area contributed by atoms with Crippen molar-refractivity contribution in [2.75, 3.05) is 6.54 Å². The van der Waals surface area contributed by atoms with Crippen LogP contribution in [0, 0.1) is 0 Å². The largest absolute Gasteiger partial charge is 0.350 e. The molecule has 80 valence electrons. The number of nitrogens with two attached hydrogens (primary N) is 1. The van der Waals surface area contributed by atoms with Crippen molar-refractivity contribution in [3.63, 3.8) is 0 Å². The molecule has 2 heterocycles. The van der Waals surface area contributed by atoms with Gasteiger partial charge in [0, 0.05) is 18.9 Å². The lowest BCUT2D eigenvalue weighted by molar-refractivity contribution is 0.320. The fraction of sp³-hybridized carbons (Fsp3) is 0.444. The molecule has 0 unspecified atom stereocenters. The summed E-state index contributed by atoms with van der Waals surface area (Å²) in [5.74, 6) is 0. The fourth-order valence-corrected chi connectivity index (χ4v) is 1.32. The van der Waals surface area contributed by atoms with Crippen LogP contribution in [0.2, 0.25) is 0 Å². The maximum atomic E-state index is 11.9. The van der Waals surface area contributed by atoms with Gasteiger partial charge in [-0.1, -0.05) is 0 Å². The molecule has 0 aliphatic carbocycles. The van der Waals surface area contributed by atoms with Gasteiger partial charge in [0.2, 0.25) is 0 Å². The molecule has 0 saturated carbocycles. The zero-order valence-corrected chi connectivity index (χ0v) is 8.71. The molecule has 0 amide bonds. The normalized spacial score (nSPS) is 12.2. The molecule has 2 N–H and O–H groups in total. The Hall–Kier alpha value is -1.69. The molecule has 0 atom stereocenters. The second kappa shape index (κ2) is 3.16. The van der Waals surface area contributed by atoms with Crippen LogP contribution in [0.5, 0.6) is 0 Å². The molecule has 2 aromatic rings. The van der Waals surface area contributed by atoms with E-state index in [9.17, 15) is 4.79 Å². The smallest absolute Gasteiger partial charge is 0.328 e. The molecule has 2 rings (SSSR count). The minimum Gasteiger partial charge on any atom is -0.328 e. The van der Waals surface area contributed by atoms with Gasteiger partial charge in [0.1, 0.15) is 0 Å². The summed E-state index contributed by atoms with van der Waals surface area (Å²) in [5.41, 5.74) is 5.46. The van der Waals surface area contributed by atoms with Gasteiger partial charge in [-0.2, -0.15) is 0 Å². The van der Waals surface area contributed by atoms with Crippen LogP contribution in [0.15, 0.2) is 23.4 Å². The maximum Gasteiger partial charge on any atom is 0.350 e. The highest BCUT2D eigenvalue weighted by atomic mass is 16.2. The topological polar surface area (TPSA) is 78.2 Å². The van der Waals surface area contributed by atoms with E-state index in [0.717, 1.165) is 0 Å². The van der Waals surface area contributed by atoms with Crippen molar-refractivity contribution in [2.45, 2.75) is 19.4 Å². The maximum absolute atomic E-state index is 11.9. The summed E-state index contributed by atoms with van der Waals surface area (Å²) in [6.07, 6.45) is 4.69. The van der Waals surface area contributed by atoms with E-state index in [1.54, 1.807) is 18.6 Å². The molecular weight excluding hydrogens is 194 g/mol. The average molecular weight is 207 g/mol. The third kappa shape index (κ3) is 1.42. The lowest BCUT2D eigenvalue weighted by Gasteiger charge is -2.20. The van der Waals surface area contributed by atoms with Gasteiger partial charge in [-0.15, -0.1) is 5.10 Å². The third-order valence-electron chi connectivity index (χ3n) is 2.40. The Labute approximate surface area is 86.3 Å². The quantitative estimate of drug-likeness (QED) is 0.725. The van der Waals surface area contributed by atoms with E-state index in [1.807, 2.05) is 13.8 Å². The van der Waals surface area contributed by atoms with Gasteiger partial charge in [-0.25, -0.2) is 13.9 Å². The van der Waals surface area contributed by atoms with Crippen LogP contribution in [-0.2, 0) is 5.54 Å². The molecule has 0 saturated heterocycles. The summed E-state index contributed by atoms with van der Waals surface area (Å²) in [5, 5.41) is 4.18. The first-order chi connectivity index (χ1) is 7.06. The van der Waals surface area contributed by atoms with Gasteiger partial charge in [-0.3, -0.25) is 4.98 Å². The highest BCUT2D eigenvalue weighted by molar-refractivity contribution is 5.32. The fourth-order valence-electron chi connectivity index (χ4n) is 1.32. The molecule has 0 spiro atoms. The second-order valence-corrected chi connectivity index (χ2v) is 4.02. The molecule has 6 heteroatoms. The van der Waals surface area contributed by atoms with Crippen molar-refractivity contribution in [2.24, 2.45) is 5.73 Å². The van der Waals surface area contributed by atoms with E-state index >= 15 is 0 Å². The molecule has 15 heavy (non-hydrogen) atoms. The highest BCUT2D eigenvalue weighted by Gasteiger charge is 2.23. The molecule has 6 nitrogen and oxygen atoms in total. The van der Waals surface area contributed by atoms with Crippen molar-refractivity contribution in [3.05, 3.63) is 29.1 Å². The van der Waals surface area contributed by atoms with Gasteiger partial charge < -0.3 is 5.73 Å². The second-order valence-electron chi connectivity index (χ2n) is 4.02. The predicted octanol–water partition coefficient (Wildman–Crippen LogP) is -0.415. The molecule has 0 fully saturated rings. The number of hydrogen-bond acceptors (Lipinski definition) is 4. The van der Waals surface area contributed by atoms with Gasteiger partial charge in [-0.05, 0) is 13.8 Å². The molecular formula is C9H13N5O. The lowest BCUT2D eigenvalue weighted by Crippen LogP contribution is -2.42. The van der Waals surface area contributed by atoms with Crippen LogP contribution in [0.4, 0.5) is 0 Å². The Morgan fingerprint density at radius 2 is 2.27 bits per heavy atom. The van der Waals surface area contributed by atoms with Crippen molar-refractivity contribution >= 4 is 5.65 Å².